The van der Waals surface area contributed by atoms with Gasteiger partial charge in [-0.05, 0) is 49.2 Å². The Morgan fingerprint density at radius 1 is 1.20 bits per heavy atom. The molecule has 1 aromatic carbocycles. The van der Waals surface area contributed by atoms with Gasteiger partial charge in [0.15, 0.2) is 0 Å². The molecule has 0 aliphatic carbocycles. The summed E-state index contributed by atoms with van der Waals surface area (Å²) in [5.74, 6) is 0. The number of aliphatic hydroxyl groups is 2. The highest BCUT2D eigenvalue weighted by Gasteiger charge is 2.28. The second-order valence-corrected chi connectivity index (χ2v) is 7.66. The molecule has 0 saturated carbocycles. The summed E-state index contributed by atoms with van der Waals surface area (Å²) in [7, 11) is 0. The van der Waals surface area contributed by atoms with Gasteiger partial charge in [-0.25, -0.2) is 4.79 Å². The zero-order valence-electron chi connectivity index (χ0n) is 17.3. The molecule has 1 aliphatic rings. The fourth-order valence-corrected chi connectivity index (χ4v) is 4.17. The van der Waals surface area contributed by atoms with Crippen molar-refractivity contribution in [1.82, 2.24) is 14.5 Å². The highest BCUT2D eigenvalue weighted by atomic mass is 16.6. The summed E-state index contributed by atoms with van der Waals surface area (Å²) in [4.78, 5) is 18.0. The molecule has 0 saturated heterocycles. The molecule has 0 bridgehead atoms. The molecule has 1 aliphatic heterocycles. The van der Waals surface area contributed by atoms with E-state index in [1.54, 1.807) is 31.1 Å². The van der Waals surface area contributed by atoms with Gasteiger partial charge < -0.3 is 24.4 Å². The number of nitrogens with zero attached hydrogens (tertiary/aromatic N) is 3. The van der Waals surface area contributed by atoms with Gasteiger partial charge in [-0.15, -0.1) is 0 Å². The van der Waals surface area contributed by atoms with Crippen molar-refractivity contribution in [3.05, 3.63) is 65.1 Å². The van der Waals surface area contributed by atoms with E-state index in [4.69, 9.17) is 4.74 Å². The SMILES string of the molecule is CCOC(=O)N1CCc2c(c3cc(C(C)O)ccc3n2CC(O)c2ccncc2)C1. The van der Waals surface area contributed by atoms with Crippen LogP contribution in [0.5, 0.6) is 0 Å². The standard InChI is InChI=1S/C23H27N3O4/c1-3-30-23(29)25-11-8-21-19(13-25)18-12-17(15(2)27)4-5-20(18)26(21)14-22(28)16-6-9-24-10-7-16/h4-7,9-10,12,15,22,27-28H,3,8,11,13-14H2,1-2H3. The average molecular weight is 409 g/mol. The van der Waals surface area contributed by atoms with Gasteiger partial charge in [0.1, 0.15) is 0 Å². The molecule has 1 amide bonds. The van der Waals surface area contributed by atoms with Crippen LogP contribution in [0, 0.1) is 0 Å². The Morgan fingerprint density at radius 2 is 1.97 bits per heavy atom. The van der Waals surface area contributed by atoms with Gasteiger partial charge in [0.2, 0.25) is 0 Å². The topological polar surface area (TPSA) is 87.8 Å². The van der Waals surface area contributed by atoms with E-state index in [1.165, 1.54) is 0 Å². The number of aliphatic hydroxyl groups excluding tert-OH is 2. The van der Waals surface area contributed by atoms with Crippen LogP contribution in [-0.4, -0.2) is 43.9 Å². The highest BCUT2D eigenvalue weighted by Crippen LogP contribution is 2.34. The number of fused-ring (bicyclic) bond motifs is 3. The summed E-state index contributed by atoms with van der Waals surface area (Å²) in [6.45, 7) is 5.30. The smallest absolute Gasteiger partial charge is 0.410 e. The van der Waals surface area contributed by atoms with E-state index >= 15 is 0 Å². The molecule has 2 N–H and O–H groups in total. The van der Waals surface area contributed by atoms with Gasteiger partial charge >= 0.3 is 6.09 Å². The maximum Gasteiger partial charge on any atom is 0.410 e. The van der Waals surface area contributed by atoms with E-state index in [1.807, 2.05) is 30.3 Å². The monoisotopic (exact) mass is 409 g/mol. The van der Waals surface area contributed by atoms with Gasteiger partial charge in [0, 0.05) is 47.5 Å². The van der Waals surface area contributed by atoms with E-state index in [0.29, 0.717) is 32.7 Å². The fourth-order valence-electron chi connectivity index (χ4n) is 4.17. The van der Waals surface area contributed by atoms with Gasteiger partial charge in [-0.1, -0.05) is 6.07 Å². The number of pyridine rings is 1. The van der Waals surface area contributed by atoms with Gasteiger partial charge in [0.05, 0.1) is 31.9 Å². The zero-order chi connectivity index (χ0) is 21.3. The summed E-state index contributed by atoms with van der Waals surface area (Å²) >= 11 is 0. The Kier molecular flexibility index (Phi) is 5.74. The van der Waals surface area contributed by atoms with Gasteiger partial charge in [-0.3, -0.25) is 4.98 Å². The Bertz CT molecular complexity index is 1050. The molecular formula is C23H27N3O4. The molecule has 2 unspecified atom stereocenters. The first-order valence-corrected chi connectivity index (χ1v) is 10.3. The molecule has 0 radical (unpaired) electrons. The maximum atomic E-state index is 12.3. The van der Waals surface area contributed by atoms with Crippen molar-refractivity contribution in [2.45, 2.75) is 45.6 Å². The van der Waals surface area contributed by atoms with Crippen LogP contribution in [0.15, 0.2) is 42.7 Å². The van der Waals surface area contributed by atoms with Crippen LogP contribution in [-0.2, 0) is 24.2 Å². The number of carbonyl (C=O) groups is 1. The molecule has 30 heavy (non-hydrogen) atoms. The number of rotatable bonds is 5. The summed E-state index contributed by atoms with van der Waals surface area (Å²) in [6, 6.07) is 9.52. The summed E-state index contributed by atoms with van der Waals surface area (Å²) in [6.07, 6.45) is 2.46. The number of ether oxygens (including phenoxy) is 1. The lowest BCUT2D eigenvalue weighted by Crippen LogP contribution is -2.36. The predicted octanol–water partition coefficient (Wildman–Crippen LogP) is 3.34. The third-order valence-electron chi connectivity index (χ3n) is 5.73. The fraction of sp³-hybridized carbons (Fsp3) is 0.391. The zero-order valence-corrected chi connectivity index (χ0v) is 17.3. The number of hydrogen-bond acceptors (Lipinski definition) is 5. The second-order valence-electron chi connectivity index (χ2n) is 7.66. The highest BCUT2D eigenvalue weighted by molar-refractivity contribution is 5.87. The number of benzene rings is 1. The van der Waals surface area contributed by atoms with Crippen LogP contribution in [0.1, 0.15) is 48.4 Å². The molecule has 4 rings (SSSR count). The van der Waals surface area contributed by atoms with Crippen LogP contribution in [0.2, 0.25) is 0 Å². The lowest BCUT2D eigenvalue weighted by Gasteiger charge is -2.28. The average Bonchev–Trinajstić information content (AvgIpc) is 3.07. The third kappa shape index (κ3) is 3.78. The molecule has 0 spiro atoms. The van der Waals surface area contributed by atoms with E-state index in [2.05, 4.69) is 9.55 Å². The molecule has 0 fully saturated rings. The number of amides is 1. The molecule has 2 aromatic heterocycles. The number of aromatic nitrogens is 2. The molecule has 7 heteroatoms. The van der Waals surface area contributed by atoms with Crippen molar-refractivity contribution in [2.24, 2.45) is 0 Å². The Balaban J connectivity index is 1.76. The lowest BCUT2D eigenvalue weighted by molar-refractivity contribution is 0.102. The number of hydrogen-bond donors (Lipinski definition) is 2. The van der Waals surface area contributed by atoms with Gasteiger partial charge in [0.25, 0.3) is 0 Å². The Labute approximate surface area is 175 Å². The van der Waals surface area contributed by atoms with Crippen molar-refractivity contribution in [3.63, 3.8) is 0 Å². The van der Waals surface area contributed by atoms with Crippen LogP contribution < -0.4 is 0 Å². The number of carbonyl (C=O) groups excluding carboxylic acids is 1. The predicted molar refractivity (Wildman–Crippen MR) is 113 cm³/mol. The molecule has 2 atom stereocenters. The lowest BCUT2D eigenvalue weighted by atomic mass is 10.0. The maximum absolute atomic E-state index is 12.3. The van der Waals surface area contributed by atoms with Crippen LogP contribution in [0.25, 0.3) is 10.9 Å². The van der Waals surface area contributed by atoms with Crippen LogP contribution >= 0.6 is 0 Å². The molecule has 158 valence electrons. The molecule has 7 nitrogen and oxygen atoms in total. The minimum absolute atomic E-state index is 0.312. The van der Waals surface area contributed by atoms with Crippen molar-refractivity contribution in [1.29, 1.82) is 0 Å². The summed E-state index contributed by atoms with van der Waals surface area (Å²) < 4.78 is 7.34. The van der Waals surface area contributed by atoms with Crippen molar-refractivity contribution < 1.29 is 19.7 Å². The summed E-state index contributed by atoms with van der Waals surface area (Å²) in [5, 5.41) is 21.9. The van der Waals surface area contributed by atoms with Crippen molar-refractivity contribution >= 4 is 17.0 Å². The molecule has 3 heterocycles. The Morgan fingerprint density at radius 3 is 2.67 bits per heavy atom. The molecule has 3 aromatic rings. The first kappa shape index (κ1) is 20.4. The van der Waals surface area contributed by atoms with E-state index in [-0.39, 0.29) is 6.09 Å². The third-order valence-corrected chi connectivity index (χ3v) is 5.73. The second kappa shape index (κ2) is 8.45. The first-order chi connectivity index (χ1) is 14.5. The van der Waals surface area contributed by atoms with Crippen molar-refractivity contribution in [3.8, 4) is 0 Å². The largest absolute Gasteiger partial charge is 0.450 e. The van der Waals surface area contributed by atoms with Crippen molar-refractivity contribution in [2.75, 3.05) is 13.2 Å². The van der Waals surface area contributed by atoms with E-state index < -0.39 is 12.2 Å². The normalized spacial score (nSPS) is 15.7. The van der Waals surface area contributed by atoms with Crippen LogP contribution in [0.4, 0.5) is 4.79 Å². The molecular weight excluding hydrogens is 382 g/mol. The summed E-state index contributed by atoms with van der Waals surface area (Å²) in [5.41, 5.74) is 4.79. The van der Waals surface area contributed by atoms with E-state index in [0.717, 1.165) is 33.3 Å². The van der Waals surface area contributed by atoms with Crippen LogP contribution in [0.3, 0.4) is 0 Å². The first-order valence-electron chi connectivity index (χ1n) is 10.3. The van der Waals surface area contributed by atoms with E-state index in [9.17, 15) is 15.0 Å². The minimum Gasteiger partial charge on any atom is -0.450 e. The minimum atomic E-state index is -0.674. The quantitative estimate of drug-likeness (QED) is 0.675. The van der Waals surface area contributed by atoms with Gasteiger partial charge in [-0.2, -0.15) is 0 Å². The Hall–Kier alpha value is -2.90.